The third-order valence-corrected chi connectivity index (χ3v) is 4.88. The maximum atomic E-state index is 12.2. The molecule has 1 aliphatic heterocycles. The van der Waals surface area contributed by atoms with Gasteiger partial charge in [-0.05, 0) is 38.4 Å². The summed E-state index contributed by atoms with van der Waals surface area (Å²) >= 11 is 7.29. The van der Waals surface area contributed by atoms with E-state index in [9.17, 15) is 4.79 Å². The van der Waals surface area contributed by atoms with Gasteiger partial charge in [0.1, 0.15) is 0 Å². The molecule has 1 aliphatic rings. The smallest absolute Gasteiger partial charge is 0.273 e. The Morgan fingerprint density at radius 3 is 3.05 bits per heavy atom. The molecule has 0 aliphatic carbocycles. The number of hydrogen-bond donors (Lipinski definition) is 2. The number of thiophene rings is 1. The topological polar surface area (TPSA) is 67.2 Å². The lowest BCUT2D eigenvalue weighted by atomic mass is 10.00. The minimum atomic E-state index is -0.201. The summed E-state index contributed by atoms with van der Waals surface area (Å²) in [5, 5.41) is 10.2. The zero-order valence-electron chi connectivity index (χ0n) is 12.0. The van der Waals surface area contributed by atoms with Gasteiger partial charge in [-0.3, -0.25) is 4.79 Å². The number of carbonyl (C=O) groups is 1. The Bertz CT molecular complexity index is 644. The minimum absolute atomic E-state index is 0. The van der Waals surface area contributed by atoms with Crippen LogP contribution < -0.4 is 10.6 Å². The van der Waals surface area contributed by atoms with Gasteiger partial charge in [0.25, 0.3) is 5.91 Å². The van der Waals surface area contributed by atoms with Gasteiger partial charge < -0.3 is 15.2 Å². The number of carbonyl (C=O) groups excluding carboxylic acids is 1. The lowest BCUT2D eigenvalue weighted by Gasteiger charge is -2.30. The second kappa shape index (κ2) is 7.46. The van der Waals surface area contributed by atoms with Crippen molar-refractivity contribution in [3.05, 3.63) is 28.2 Å². The van der Waals surface area contributed by atoms with E-state index in [1.807, 2.05) is 6.07 Å². The van der Waals surface area contributed by atoms with Crippen molar-refractivity contribution in [1.82, 2.24) is 15.8 Å². The fraction of sp³-hybridized carbons (Fsp3) is 0.429. The van der Waals surface area contributed by atoms with Crippen LogP contribution in [0.15, 0.2) is 22.7 Å². The molecular weight excluding hydrogens is 345 g/mol. The lowest BCUT2D eigenvalue weighted by molar-refractivity contribution is 0.0910. The van der Waals surface area contributed by atoms with Gasteiger partial charge in [0, 0.05) is 18.2 Å². The van der Waals surface area contributed by atoms with Gasteiger partial charge in [-0.2, -0.15) is 0 Å². The summed E-state index contributed by atoms with van der Waals surface area (Å²) < 4.78 is 5.90. The van der Waals surface area contributed by atoms with Crippen LogP contribution in [0.5, 0.6) is 0 Å². The molecule has 0 spiro atoms. The summed E-state index contributed by atoms with van der Waals surface area (Å²) in [6, 6.07) is 5.69. The second-order valence-electron chi connectivity index (χ2n) is 5.15. The maximum Gasteiger partial charge on any atom is 0.273 e. The molecule has 2 aromatic heterocycles. The molecule has 1 amide bonds. The van der Waals surface area contributed by atoms with Crippen LogP contribution in [0.4, 0.5) is 0 Å². The molecule has 2 atom stereocenters. The average molecular weight is 362 g/mol. The number of nitrogens with zero attached hydrogens (tertiary/aromatic N) is 1. The highest BCUT2D eigenvalue weighted by atomic mass is 35.5. The molecule has 0 radical (unpaired) electrons. The van der Waals surface area contributed by atoms with E-state index >= 15 is 0 Å². The van der Waals surface area contributed by atoms with Crippen LogP contribution in [-0.4, -0.2) is 29.7 Å². The van der Waals surface area contributed by atoms with Gasteiger partial charge in [0.2, 0.25) is 0 Å². The monoisotopic (exact) mass is 361 g/mol. The summed E-state index contributed by atoms with van der Waals surface area (Å²) in [5.41, 5.74) is 0.298. The number of aromatic nitrogens is 1. The molecule has 120 valence electrons. The number of amides is 1. The van der Waals surface area contributed by atoms with Crippen molar-refractivity contribution in [1.29, 1.82) is 0 Å². The van der Waals surface area contributed by atoms with E-state index in [0.717, 1.165) is 24.3 Å². The molecule has 2 unspecified atom stereocenters. The molecule has 0 saturated carbocycles. The minimum Gasteiger partial charge on any atom is -0.355 e. The quantitative estimate of drug-likeness (QED) is 0.879. The van der Waals surface area contributed by atoms with Crippen LogP contribution in [-0.2, 0) is 0 Å². The summed E-state index contributed by atoms with van der Waals surface area (Å²) in [7, 11) is 0. The molecule has 5 nitrogen and oxygen atoms in total. The van der Waals surface area contributed by atoms with Crippen molar-refractivity contribution in [3.8, 4) is 10.6 Å². The number of rotatable bonds is 3. The Balaban J connectivity index is 0.00000176. The van der Waals surface area contributed by atoms with Crippen molar-refractivity contribution < 1.29 is 9.32 Å². The fourth-order valence-corrected chi connectivity index (χ4v) is 3.42. The van der Waals surface area contributed by atoms with Crippen molar-refractivity contribution in [2.45, 2.75) is 31.8 Å². The van der Waals surface area contributed by atoms with Gasteiger partial charge in [0.05, 0.1) is 9.21 Å². The molecule has 8 heteroatoms. The number of halogens is 2. The van der Waals surface area contributed by atoms with Crippen molar-refractivity contribution in [3.63, 3.8) is 0 Å². The molecule has 22 heavy (non-hydrogen) atoms. The van der Waals surface area contributed by atoms with E-state index in [2.05, 4.69) is 22.7 Å². The summed E-state index contributed by atoms with van der Waals surface area (Å²) in [6.45, 7) is 3.08. The Morgan fingerprint density at radius 1 is 1.55 bits per heavy atom. The summed E-state index contributed by atoms with van der Waals surface area (Å²) in [6.07, 6.45) is 2.04. The first-order valence-corrected chi connectivity index (χ1v) is 8.09. The summed E-state index contributed by atoms with van der Waals surface area (Å²) in [5.74, 6) is 0.361. The molecular formula is C14H17Cl2N3O2S. The van der Waals surface area contributed by atoms with Crippen LogP contribution >= 0.6 is 35.3 Å². The van der Waals surface area contributed by atoms with Crippen LogP contribution in [0.3, 0.4) is 0 Å². The van der Waals surface area contributed by atoms with E-state index in [1.165, 1.54) is 11.3 Å². The van der Waals surface area contributed by atoms with E-state index in [-0.39, 0.29) is 30.4 Å². The standard InChI is InChI=1S/C14H16ClN3O2S.ClH/c1-8-9(3-2-6-16-8)17-14(19)10-7-11(20-18-10)12-4-5-13(15)21-12;/h4-5,7-9,16H,2-3,6H2,1H3,(H,17,19);1H. The van der Waals surface area contributed by atoms with Crippen LogP contribution in [0.1, 0.15) is 30.3 Å². The Kier molecular flexibility index (Phi) is 5.86. The third-order valence-electron chi connectivity index (χ3n) is 3.64. The second-order valence-corrected chi connectivity index (χ2v) is 6.86. The largest absolute Gasteiger partial charge is 0.355 e. The lowest BCUT2D eigenvalue weighted by Crippen LogP contribution is -2.51. The summed E-state index contributed by atoms with van der Waals surface area (Å²) in [4.78, 5) is 13.1. The molecule has 2 aromatic rings. The predicted molar refractivity (Wildman–Crippen MR) is 90.0 cm³/mol. The van der Waals surface area contributed by atoms with Crippen molar-refractivity contribution in [2.75, 3.05) is 6.54 Å². The van der Waals surface area contributed by atoms with Gasteiger partial charge in [0.15, 0.2) is 11.5 Å². The van der Waals surface area contributed by atoms with Crippen molar-refractivity contribution in [2.24, 2.45) is 0 Å². The van der Waals surface area contributed by atoms with Crippen LogP contribution in [0.25, 0.3) is 10.6 Å². The Hall–Kier alpha value is -1.08. The number of piperidine rings is 1. The molecule has 0 bridgehead atoms. The normalized spacial score (nSPS) is 21.2. The fourth-order valence-electron chi connectivity index (χ4n) is 2.43. The SMILES string of the molecule is CC1NCCCC1NC(=O)c1cc(-c2ccc(Cl)s2)on1.Cl. The van der Waals surface area contributed by atoms with Crippen LogP contribution in [0.2, 0.25) is 4.34 Å². The van der Waals surface area contributed by atoms with Crippen molar-refractivity contribution >= 4 is 41.3 Å². The number of hydrogen-bond acceptors (Lipinski definition) is 5. The van der Waals surface area contributed by atoms with E-state index < -0.39 is 0 Å². The van der Waals surface area contributed by atoms with Gasteiger partial charge >= 0.3 is 0 Å². The third kappa shape index (κ3) is 3.81. The van der Waals surface area contributed by atoms with Gasteiger partial charge in [-0.15, -0.1) is 23.7 Å². The Labute approximate surface area is 143 Å². The zero-order chi connectivity index (χ0) is 14.8. The van der Waals surface area contributed by atoms with E-state index in [0.29, 0.717) is 15.8 Å². The predicted octanol–water partition coefficient (Wildman–Crippen LogP) is 3.35. The molecule has 1 saturated heterocycles. The first-order valence-electron chi connectivity index (χ1n) is 6.90. The van der Waals surface area contributed by atoms with E-state index in [1.54, 1.807) is 12.1 Å². The highest BCUT2D eigenvalue weighted by molar-refractivity contribution is 7.19. The molecule has 2 N–H and O–H groups in total. The zero-order valence-corrected chi connectivity index (χ0v) is 14.4. The molecule has 3 rings (SSSR count). The average Bonchev–Trinajstić information content (AvgIpc) is 3.10. The van der Waals surface area contributed by atoms with Gasteiger partial charge in [-0.25, -0.2) is 0 Å². The first kappa shape index (κ1) is 17.3. The molecule has 1 fully saturated rings. The van der Waals surface area contributed by atoms with Crippen LogP contribution in [0, 0.1) is 0 Å². The maximum absolute atomic E-state index is 12.2. The first-order chi connectivity index (χ1) is 10.1. The van der Waals surface area contributed by atoms with Gasteiger partial charge in [-0.1, -0.05) is 16.8 Å². The number of nitrogens with one attached hydrogen (secondary N) is 2. The highest BCUT2D eigenvalue weighted by Gasteiger charge is 2.24. The highest BCUT2D eigenvalue weighted by Crippen LogP contribution is 2.31. The Morgan fingerprint density at radius 2 is 2.36 bits per heavy atom. The molecule has 0 aromatic carbocycles. The van der Waals surface area contributed by atoms with E-state index in [4.69, 9.17) is 16.1 Å². The molecule has 3 heterocycles.